The molecular formula is C12H12Br6O8. The Morgan fingerprint density at radius 1 is 0.962 bits per heavy atom. The van der Waals surface area contributed by atoms with Crippen molar-refractivity contribution in [2.24, 2.45) is 0 Å². The summed E-state index contributed by atoms with van der Waals surface area (Å²) in [6.45, 7) is 1.77. The number of halogens is 6. The monoisotopic (exact) mass is 758 g/mol. The Morgan fingerprint density at radius 2 is 1.46 bits per heavy atom. The average Bonchev–Trinajstić information content (AvgIpc) is 2.49. The van der Waals surface area contributed by atoms with Gasteiger partial charge in [0.2, 0.25) is 4.29 Å². The van der Waals surface area contributed by atoms with Crippen LogP contribution >= 0.6 is 95.6 Å². The molecule has 2 aliphatic rings. The lowest BCUT2D eigenvalue weighted by Gasteiger charge is -2.46. The Labute approximate surface area is 199 Å². The van der Waals surface area contributed by atoms with E-state index in [1.54, 1.807) is 6.92 Å². The number of hydrogen-bond donors (Lipinski definition) is 1. The molecule has 0 bridgehead atoms. The lowest BCUT2D eigenvalue weighted by molar-refractivity contribution is -0.350. The maximum absolute atomic E-state index is 12.3. The van der Waals surface area contributed by atoms with Crippen LogP contribution in [0.5, 0.6) is 0 Å². The largest absolute Gasteiger partial charge is 0.453 e. The lowest BCUT2D eigenvalue weighted by atomic mass is 9.97. The van der Waals surface area contributed by atoms with Gasteiger partial charge in [-0.2, -0.15) is 0 Å². The quantitative estimate of drug-likeness (QED) is 0.339. The molecule has 0 saturated carbocycles. The van der Waals surface area contributed by atoms with Gasteiger partial charge in [0.05, 0.1) is 6.61 Å². The third-order valence-corrected chi connectivity index (χ3v) is 5.34. The van der Waals surface area contributed by atoms with Gasteiger partial charge in [-0.05, 0) is 103 Å². The summed E-state index contributed by atoms with van der Waals surface area (Å²) < 4.78 is 24.4. The minimum absolute atomic E-state index is 0.110. The van der Waals surface area contributed by atoms with Gasteiger partial charge in [-0.1, -0.05) is 0 Å². The van der Waals surface area contributed by atoms with Crippen molar-refractivity contribution in [1.29, 1.82) is 0 Å². The third-order valence-electron chi connectivity index (χ3n) is 3.40. The molecule has 0 aromatic rings. The molecule has 2 saturated heterocycles. The van der Waals surface area contributed by atoms with E-state index in [0.29, 0.717) is 0 Å². The predicted octanol–water partition coefficient (Wildman–Crippen LogP) is 2.97. The molecule has 2 aliphatic heterocycles. The van der Waals surface area contributed by atoms with Crippen molar-refractivity contribution in [2.45, 2.75) is 48.2 Å². The predicted molar refractivity (Wildman–Crippen MR) is 110 cm³/mol. The molecular weight excluding hydrogens is 752 g/mol. The molecule has 2 heterocycles. The van der Waals surface area contributed by atoms with Crippen molar-refractivity contribution in [3.63, 3.8) is 0 Å². The van der Waals surface area contributed by atoms with Crippen molar-refractivity contribution in [2.75, 3.05) is 6.61 Å². The van der Waals surface area contributed by atoms with Gasteiger partial charge in [-0.15, -0.1) is 0 Å². The molecule has 2 rings (SSSR count). The lowest BCUT2D eigenvalue weighted by Crippen LogP contribution is -2.65. The molecule has 26 heavy (non-hydrogen) atoms. The Balaban J connectivity index is 2.29. The van der Waals surface area contributed by atoms with Gasteiger partial charge in [0.1, 0.15) is 12.2 Å². The van der Waals surface area contributed by atoms with E-state index >= 15 is 0 Å². The fourth-order valence-corrected chi connectivity index (χ4v) is 2.89. The third kappa shape index (κ3) is 6.08. The number of esters is 2. The van der Waals surface area contributed by atoms with Gasteiger partial charge in [0.25, 0.3) is 0 Å². The number of carbonyl (C=O) groups excluding carboxylic acids is 2. The molecule has 0 aromatic heterocycles. The highest BCUT2D eigenvalue weighted by Crippen LogP contribution is 2.40. The summed E-state index contributed by atoms with van der Waals surface area (Å²) in [4.78, 5) is 24.5. The van der Waals surface area contributed by atoms with Crippen LogP contribution in [0.3, 0.4) is 0 Å². The summed E-state index contributed by atoms with van der Waals surface area (Å²) >= 11 is 18.3. The van der Waals surface area contributed by atoms with Crippen molar-refractivity contribution >= 4 is 108 Å². The molecule has 2 fully saturated rings. The molecule has 0 aromatic carbocycles. The molecule has 0 aliphatic carbocycles. The molecule has 8 nitrogen and oxygen atoms in total. The van der Waals surface area contributed by atoms with Crippen LogP contribution < -0.4 is 0 Å². The van der Waals surface area contributed by atoms with Crippen molar-refractivity contribution in [1.82, 2.24) is 0 Å². The molecule has 0 radical (unpaired) electrons. The first-order chi connectivity index (χ1) is 11.8. The highest BCUT2D eigenvalue weighted by Gasteiger charge is 2.54. The van der Waals surface area contributed by atoms with E-state index in [0.717, 1.165) is 0 Å². The van der Waals surface area contributed by atoms with E-state index in [1.165, 1.54) is 0 Å². The Bertz CT molecular complexity index is 549. The first kappa shape index (κ1) is 23.9. The maximum Gasteiger partial charge on any atom is 0.345 e. The van der Waals surface area contributed by atoms with Crippen LogP contribution in [-0.2, 0) is 33.3 Å². The summed E-state index contributed by atoms with van der Waals surface area (Å²) in [6.07, 6.45) is -6.21. The van der Waals surface area contributed by atoms with Crippen molar-refractivity contribution in [3.8, 4) is 0 Å². The second-order valence-corrected chi connectivity index (χ2v) is 18.8. The molecule has 1 unspecified atom stereocenters. The highest BCUT2D eigenvalue weighted by molar-refractivity contribution is 9.40. The topological polar surface area (TPSA) is 101 Å². The first-order valence-corrected chi connectivity index (χ1v) is 11.7. The number of ether oxygens (including phenoxy) is 5. The van der Waals surface area contributed by atoms with Crippen LogP contribution in [0, 0.1) is 0 Å². The summed E-state index contributed by atoms with van der Waals surface area (Å²) in [6, 6.07) is 0. The molecule has 14 heteroatoms. The first-order valence-electron chi connectivity index (χ1n) is 6.97. The van der Waals surface area contributed by atoms with E-state index in [-0.39, 0.29) is 6.61 Å². The van der Waals surface area contributed by atoms with Crippen molar-refractivity contribution < 1.29 is 38.4 Å². The number of hydrogen-bond acceptors (Lipinski definition) is 8. The zero-order valence-electron chi connectivity index (χ0n) is 12.7. The van der Waals surface area contributed by atoms with Gasteiger partial charge < -0.3 is 28.8 Å². The second-order valence-electron chi connectivity index (χ2n) is 5.30. The number of alkyl halides is 6. The molecule has 0 spiro atoms. The van der Waals surface area contributed by atoms with Crippen LogP contribution in [0.2, 0.25) is 0 Å². The number of fused-ring (bicyclic) bond motifs is 1. The highest BCUT2D eigenvalue weighted by atomic mass is 80.0. The molecule has 150 valence electrons. The maximum atomic E-state index is 12.3. The standard InChI is InChI=1S/C12H12Br6O8/c1-3-22-2-4-5(23-3)6(25-9(20)11(13,14)15)7(8(19)24-4)26-10(21)12(16,17)18/h3-8,19H,2H2,1H3/t3?,4-,5-,6+,7-,8-/m1/s1. The minimum Gasteiger partial charge on any atom is -0.453 e. The van der Waals surface area contributed by atoms with Gasteiger partial charge in [0.15, 0.2) is 24.8 Å². The SMILES string of the molecule is CC1OC[C@H]2O[C@@H](O)[C@H](OC(=O)C(Br)(Br)Br)[C@@H](OC(=O)C(Br)(Br)Br)[C@@H]2O1. The average molecular weight is 764 g/mol. The smallest absolute Gasteiger partial charge is 0.345 e. The number of rotatable bonds is 2. The summed E-state index contributed by atoms with van der Waals surface area (Å²) in [5.41, 5.74) is 0. The van der Waals surface area contributed by atoms with E-state index in [2.05, 4.69) is 95.6 Å². The van der Waals surface area contributed by atoms with E-state index < -0.39 is 53.2 Å². The van der Waals surface area contributed by atoms with E-state index in [1.807, 2.05) is 0 Å². The van der Waals surface area contributed by atoms with Gasteiger partial charge in [-0.3, -0.25) is 0 Å². The number of carbonyl (C=O) groups is 2. The Hall–Kier alpha value is 1.66. The summed E-state index contributed by atoms with van der Waals surface area (Å²) in [5.74, 6) is -1.60. The van der Waals surface area contributed by atoms with Gasteiger partial charge in [0, 0.05) is 0 Å². The molecule has 1 N–H and O–H groups in total. The van der Waals surface area contributed by atoms with Crippen LogP contribution in [0.15, 0.2) is 0 Å². The second kappa shape index (κ2) is 9.21. The van der Waals surface area contributed by atoms with Gasteiger partial charge >= 0.3 is 11.9 Å². The van der Waals surface area contributed by atoms with Crippen LogP contribution in [0.25, 0.3) is 0 Å². The normalized spacial score (nSPS) is 35.4. The minimum atomic E-state index is -1.57. The van der Waals surface area contributed by atoms with Crippen LogP contribution in [-0.4, -0.2) is 64.9 Å². The Kier molecular flexibility index (Phi) is 8.48. The van der Waals surface area contributed by atoms with Crippen molar-refractivity contribution in [3.05, 3.63) is 0 Å². The molecule has 0 amide bonds. The summed E-state index contributed by atoms with van der Waals surface area (Å²) in [7, 11) is 0. The fraction of sp³-hybridized carbons (Fsp3) is 0.833. The van der Waals surface area contributed by atoms with E-state index in [9.17, 15) is 14.7 Å². The van der Waals surface area contributed by atoms with Crippen LogP contribution in [0.4, 0.5) is 0 Å². The molecule has 6 atom stereocenters. The zero-order chi connectivity index (χ0) is 19.9. The summed E-state index contributed by atoms with van der Waals surface area (Å²) in [5, 5.41) is 10.3. The van der Waals surface area contributed by atoms with Crippen LogP contribution in [0.1, 0.15) is 6.92 Å². The zero-order valence-corrected chi connectivity index (χ0v) is 22.3. The Morgan fingerprint density at radius 3 is 1.96 bits per heavy atom. The van der Waals surface area contributed by atoms with E-state index in [4.69, 9.17) is 23.7 Å². The fourth-order valence-electron chi connectivity index (χ4n) is 2.33. The number of aliphatic hydroxyl groups is 1. The number of aliphatic hydroxyl groups excluding tert-OH is 1. The van der Waals surface area contributed by atoms with Gasteiger partial charge in [-0.25, -0.2) is 9.59 Å².